The third-order valence-corrected chi connectivity index (χ3v) is 3.39. The van der Waals surface area contributed by atoms with Crippen molar-refractivity contribution in [2.24, 2.45) is 0 Å². The lowest BCUT2D eigenvalue weighted by Crippen LogP contribution is -2.31. The van der Waals surface area contributed by atoms with E-state index < -0.39 is 0 Å². The highest BCUT2D eigenvalue weighted by Gasteiger charge is 2.18. The summed E-state index contributed by atoms with van der Waals surface area (Å²) >= 11 is 0. The number of aryl methyl sites for hydroxylation is 1. The van der Waals surface area contributed by atoms with Crippen LogP contribution >= 0.6 is 0 Å². The lowest BCUT2D eigenvalue weighted by atomic mass is 10.2. The molecule has 0 aliphatic heterocycles. The van der Waals surface area contributed by atoms with Crippen LogP contribution in [0.25, 0.3) is 0 Å². The van der Waals surface area contributed by atoms with Crippen molar-refractivity contribution in [2.45, 2.75) is 33.4 Å². The molecule has 0 unspecified atom stereocenters. The molecule has 112 valence electrons. The van der Waals surface area contributed by atoms with Crippen molar-refractivity contribution < 1.29 is 4.79 Å². The number of carbonyl (C=O) groups is 1. The molecule has 0 aromatic carbocycles. The standard InChI is InChI=1S/C16H22N4O/c1-3-9-20-12-14(17)10-15(20)16(21)19(4-2)11-13-5-7-18-8-6-13/h5-8,10,12H,3-4,9,11,17H2,1-2H3. The minimum absolute atomic E-state index is 0.0134. The topological polar surface area (TPSA) is 64.2 Å². The maximum Gasteiger partial charge on any atom is 0.270 e. The zero-order valence-corrected chi connectivity index (χ0v) is 12.6. The molecule has 0 aliphatic carbocycles. The summed E-state index contributed by atoms with van der Waals surface area (Å²) < 4.78 is 1.94. The van der Waals surface area contributed by atoms with Crippen LogP contribution in [-0.2, 0) is 13.1 Å². The average molecular weight is 286 g/mol. The normalized spacial score (nSPS) is 10.6. The van der Waals surface area contributed by atoms with Gasteiger partial charge in [-0.05, 0) is 37.1 Å². The minimum atomic E-state index is 0.0134. The maximum atomic E-state index is 12.7. The Morgan fingerprint density at radius 1 is 1.33 bits per heavy atom. The highest BCUT2D eigenvalue weighted by molar-refractivity contribution is 5.93. The van der Waals surface area contributed by atoms with Crippen LogP contribution in [0.3, 0.4) is 0 Å². The lowest BCUT2D eigenvalue weighted by Gasteiger charge is -2.21. The molecule has 0 radical (unpaired) electrons. The van der Waals surface area contributed by atoms with E-state index >= 15 is 0 Å². The first kappa shape index (κ1) is 15.1. The summed E-state index contributed by atoms with van der Waals surface area (Å²) in [6.45, 7) is 6.09. The van der Waals surface area contributed by atoms with E-state index in [0.717, 1.165) is 18.5 Å². The van der Waals surface area contributed by atoms with Crippen molar-refractivity contribution in [3.8, 4) is 0 Å². The second kappa shape index (κ2) is 6.92. The molecule has 5 nitrogen and oxygen atoms in total. The van der Waals surface area contributed by atoms with Gasteiger partial charge in [-0.3, -0.25) is 9.78 Å². The number of carbonyl (C=O) groups excluding carboxylic acids is 1. The van der Waals surface area contributed by atoms with E-state index in [9.17, 15) is 4.79 Å². The van der Waals surface area contributed by atoms with Gasteiger partial charge in [-0.15, -0.1) is 0 Å². The average Bonchev–Trinajstić information content (AvgIpc) is 2.86. The molecule has 2 aromatic heterocycles. The number of rotatable bonds is 6. The van der Waals surface area contributed by atoms with Crippen LogP contribution < -0.4 is 5.73 Å². The zero-order valence-electron chi connectivity index (χ0n) is 12.6. The first-order valence-corrected chi connectivity index (χ1v) is 7.29. The van der Waals surface area contributed by atoms with E-state index in [1.165, 1.54) is 0 Å². The van der Waals surface area contributed by atoms with E-state index in [-0.39, 0.29) is 5.91 Å². The monoisotopic (exact) mass is 286 g/mol. The molecule has 2 rings (SSSR count). The SMILES string of the molecule is CCCn1cc(N)cc1C(=O)N(CC)Cc1ccncc1. The first-order valence-electron chi connectivity index (χ1n) is 7.29. The molecule has 0 atom stereocenters. The van der Waals surface area contributed by atoms with E-state index in [2.05, 4.69) is 11.9 Å². The number of aromatic nitrogens is 2. The first-order chi connectivity index (χ1) is 10.2. The van der Waals surface area contributed by atoms with E-state index in [1.807, 2.05) is 34.7 Å². The molecule has 5 heteroatoms. The number of nitrogen functional groups attached to an aromatic ring is 1. The van der Waals surface area contributed by atoms with Crippen LogP contribution in [-0.4, -0.2) is 26.9 Å². The fourth-order valence-electron chi connectivity index (χ4n) is 2.34. The van der Waals surface area contributed by atoms with Gasteiger partial charge in [0.05, 0.1) is 5.69 Å². The van der Waals surface area contributed by atoms with Gasteiger partial charge in [0.2, 0.25) is 0 Å². The van der Waals surface area contributed by atoms with Crippen molar-refractivity contribution >= 4 is 11.6 Å². The molecule has 2 heterocycles. The van der Waals surface area contributed by atoms with Crippen LogP contribution in [0.1, 0.15) is 36.3 Å². The highest BCUT2D eigenvalue weighted by atomic mass is 16.2. The van der Waals surface area contributed by atoms with Gasteiger partial charge in [0.25, 0.3) is 5.91 Å². The van der Waals surface area contributed by atoms with E-state index in [0.29, 0.717) is 24.5 Å². The summed E-state index contributed by atoms with van der Waals surface area (Å²) in [5, 5.41) is 0. The van der Waals surface area contributed by atoms with Crippen molar-refractivity contribution in [3.63, 3.8) is 0 Å². The van der Waals surface area contributed by atoms with Crippen molar-refractivity contribution in [1.29, 1.82) is 0 Å². The van der Waals surface area contributed by atoms with Gasteiger partial charge in [0.1, 0.15) is 5.69 Å². The number of nitrogens with two attached hydrogens (primary N) is 1. The van der Waals surface area contributed by atoms with E-state index in [1.54, 1.807) is 18.5 Å². The summed E-state index contributed by atoms with van der Waals surface area (Å²) in [4.78, 5) is 18.5. The maximum absolute atomic E-state index is 12.7. The van der Waals surface area contributed by atoms with Crippen molar-refractivity contribution in [1.82, 2.24) is 14.5 Å². The minimum Gasteiger partial charge on any atom is -0.397 e. The lowest BCUT2D eigenvalue weighted by molar-refractivity contribution is 0.0741. The van der Waals surface area contributed by atoms with Gasteiger partial charge in [-0.2, -0.15) is 0 Å². The van der Waals surface area contributed by atoms with Crippen LogP contribution in [0, 0.1) is 0 Å². The Kier molecular flexibility index (Phi) is 4.98. The molecule has 0 bridgehead atoms. The number of pyridine rings is 1. The third-order valence-electron chi connectivity index (χ3n) is 3.39. The smallest absolute Gasteiger partial charge is 0.270 e. The van der Waals surface area contributed by atoms with Crippen LogP contribution in [0.15, 0.2) is 36.8 Å². The zero-order chi connectivity index (χ0) is 15.2. The Bertz CT molecular complexity index is 592. The van der Waals surface area contributed by atoms with Crippen molar-refractivity contribution in [3.05, 3.63) is 48.0 Å². The van der Waals surface area contributed by atoms with Gasteiger partial charge in [0.15, 0.2) is 0 Å². The fourth-order valence-corrected chi connectivity index (χ4v) is 2.34. The molecule has 2 aromatic rings. The molecular weight excluding hydrogens is 264 g/mol. The Hall–Kier alpha value is -2.30. The summed E-state index contributed by atoms with van der Waals surface area (Å²) in [6, 6.07) is 5.61. The number of hydrogen-bond acceptors (Lipinski definition) is 3. The van der Waals surface area contributed by atoms with Gasteiger partial charge in [0, 0.05) is 38.2 Å². The third kappa shape index (κ3) is 3.62. The molecule has 21 heavy (non-hydrogen) atoms. The van der Waals surface area contributed by atoms with Gasteiger partial charge in [-0.25, -0.2) is 0 Å². The summed E-state index contributed by atoms with van der Waals surface area (Å²) in [5.74, 6) is 0.0134. The summed E-state index contributed by atoms with van der Waals surface area (Å²) in [5.41, 5.74) is 8.20. The second-order valence-corrected chi connectivity index (χ2v) is 5.03. The predicted octanol–water partition coefficient (Wildman–Crippen LogP) is 2.54. The van der Waals surface area contributed by atoms with E-state index in [4.69, 9.17) is 5.73 Å². The molecular formula is C16H22N4O. The number of nitrogens with zero attached hydrogens (tertiary/aromatic N) is 3. The molecule has 0 saturated heterocycles. The van der Waals surface area contributed by atoms with Gasteiger partial charge >= 0.3 is 0 Å². The molecule has 0 aliphatic rings. The Morgan fingerprint density at radius 2 is 2.05 bits per heavy atom. The number of amides is 1. The molecule has 0 fully saturated rings. The predicted molar refractivity (Wildman–Crippen MR) is 83.8 cm³/mol. The van der Waals surface area contributed by atoms with Crippen LogP contribution in [0.4, 0.5) is 5.69 Å². The number of hydrogen-bond donors (Lipinski definition) is 1. The molecule has 0 saturated carbocycles. The Labute approximate surface area is 125 Å². The van der Waals surface area contributed by atoms with Crippen LogP contribution in [0.5, 0.6) is 0 Å². The summed E-state index contributed by atoms with van der Waals surface area (Å²) in [7, 11) is 0. The number of anilines is 1. The Morgan fingerprint density at radius 3 is 2.67 bits per heavy atom. The summed E-state index contributed by atoms with van der Waals surface area (Å²) in [6.07, 6.45) is 6.28. The van der Waals surface area contributed by atoms with Crippen LogP contribution in [0.2, 0.25) is 0 Å². The van der Waals surface area contributed by atoms with Gasteiger partial charge < -0.3 is 15.2 Å². The molecule has 2 N–H and O–H groups in total. The highest BCUT2D eigenvalue weighted by Crippen LogP contribution is 2.15. The largest absolute Gasteiger partial charge is 0.397 e. The molecule has 1 amide bonds. The molecule has 0 spiro atoms. The van der Waals surface area contributed by atoms with Gasteiger partial charge in [-0.1, -0.05) is 6.92 Å². The fraction of sp³-hybridized carbons (Fsp3) is 0.375. The van der Waals surface area contributed by atoms with Crippen molar-refractivity contribution in [2.75, 3.05) is 12.3 Å². The quantitative estimate of drug-likeness (QED) is 0.887. The Balaban J connectivity index is 2.20. The second-order valence-electron chi connectivity index (χ2n) is 5.03.